The number of non-ortho nitro benzene ring substituents is 1. The molecule has 1 saturated heterocycles. The Kier molecular flexibility index (Phi) is 26.4. The number of ether oxygens (including phenoxy) is 1. The first-order valence-electron chi connectivity index (χ1n) is 26.3. The highest BCUT2D eigenvalue weighted by Gasteiger charge is 2.39. The first kappa shape index (κ1) is 69.6. The fraction of sp³-hybridized carbons (Fsp3) is 0.510. The lowest BCUT2D eigenvalue weighted by Crippen LogP contribution is -2.60. The molecule has 8 amide bonds. The summed E-state index contributed by atoms with van der Waals surface area (Å²) in [5.74, 6) is -9.05. The van der Waals surface area contributed by atoms with Crippen LogP contribution in [0, 0.1) is 26.1 Å². The SMILES string of the molecule is CCC[C@H](NC(=O)[C@H](C)NC(=O)[C@H](CC(C)C)NC(=O)[C@@H]1CCCN1C(=O)Cc1cc(=O)oc2cc(OC)ccc12)C(=O)N[C@@H](CNc1ccc([N+](=O)[O-])cc1[N+](=O)[O-])C(=O)N[C@@H](C)C(=O)N[C@@H](CCCN=C(N)N)C(N)=O.O=C(O)C(F)(F)F. The summed E-state index contributed by atoms with van der Waals surface area (Å²) in [6.07, 6.45) is -3.89. The van der Waals surface area contributed by atoms with Gasteiger partial charge in [0.05, 0.1) is 29.4 Å². The number of nitrogens with one attached hydrogen (secondary N) is 7. The van der Waals surface area contributed by atoms with Gasteiger partial charge in [-0.05, 0) is 82.1 Å². The zero-order chi connectivity index (χ0) is 64.0. The minimum atomic E-state index is -5.08. The summed E-state index contributed by atoms with van der Waals surface area (Å²) in [5.41, 5.74) is 14.4. The van der Waals surface area contributed by atoms with Gasteiger partial charge in [-0.15, -0.1) is 0 Å². The number of hydrogen-bond acceptors (Lipinski definition) is 18. The zero-order valence-corrected chi connectivity index (χ0v) is 47.1. The van der Waals surface area contributed by atoms with Crippen molar-refractivity contribution >= 4 is 87.2 Å². The molecule has 466 valence electrons. The van der Waals surface area contributed by atoms with Crippen LogP contribution in [0.5, 0.6) is 5.75 Å². The standard InChI is InChI=1S/C49H68N14O15.C2HF3O2/c1-7-10-34(45(69)60-36(24-54-32-16-13-29(62(73)74)22-38(32)63(75)76)47(71)56-26(4)43(67)57-33(42(50)66)11-8-17-53-49(51)52)58-44(68)27(5)55-46(70)35(19-25(2)3)59-48(72)37-12-9-18-61(37)40(64)20-28-21-41(65)78-39-23-30(77-6)14-15-31(28)39;3-2(4,5)1(6)7/h13-16,21-23,25-27,33-37,54H,7-12,17-20,24H2,1-6H3,(H2,50,66)(H,55,70)(H,56,71)(H,57,67)(H,58,68)(H,59,72)(H,60,69)(H4,51,52,53);(H,6,7)/t26-,27-,33-,34-,35-,36-,37-;/m0./s1. The van der Waals surface area contributed by atoms with Crippen LogP contribution in [0.25, 0.3) is 11.0 Å². The van der Waals surface area contributed by atoms with Crippen LogP contribution >= 0.6 is 0 Å². The number of halogens is 3. The second-order valence-corrected chi connectivity index (χ2v) is 19.7. The number of amides is 8. The van der Waals surface area contributed by atoms with Crippen LogP contribution in [0.3, 0.4) is 0 Å². The average Bonchev–Trinajstić information content (AvgIpc) is 3.09. The normalized spacial score (nSPS) is 14.9. The van der Waals surface area contributed by atoms with Crippen LogP contribution in [0.15, 0.2) is 56.7 Å². The smallest absolute Gasteiger partial charge is 0.490 e. The Morgan fingerprint density at radius 2 is 1.39 bits per heavy atom. The quantitative estimate of drug-likeness (QED) is 0.0111. The number of likely N-dealkylation sites (tertiary alicyclic amines) is 1. The number of methoxy groups -OCH3 is 1. The topological polar surface area (TPSA) is 477 Å². The zero-order valence-electron chi connectivity index (χ0n) is 47.1. The van der Waals surface area contributed by atoms with Crippen molar-refractivity contribution < 1.29 is 80.4 Å². The fourth-order valence-corrected chi connectivity index (χ4v) is 8.38. The third-order valence-corrected chi connectivity index (χ3v) is 12.7. The molecule has 0 radical (unpaired) electrons. The molecule has 85 heavy (non-hydrogen) atoms. The second-order valence-electron chi connectivity index (χ2n) is 19.7. The van der Waals surface area contributed by atoms with Gasteiger partial charge in [-0.2, -0.15) is 13.2 Å². The molecule has 3 aromatic rings. The van der Waals surface area contributed by atoms with Gasteiger partial charge >= 0.3 is 17.8 Å². The molecule has 1 fully saturated rings. The minimum absolute atomic E-state index is 0.0183. The summed E-state index contributed by atoms with van der Waals surface area (Å²) in [7, 11) is 1.45. The number of carboxylic acid groups (broad SMARTS) is 1. The fourth-order valence-electron chi connectivity index (χ4n) is 8.38. The molecule has 0 aliphatic carbocycles. The number of nitrogens with two attached hydrogens (primary N) is 3. The molecule has 2 aromatic carbocycles. The average molecular weight is 1210 g/mol. The van der Waals surface area contributed by atoms with Crippen molar-refractivity contribution in [3.63, 3.8) is 0 Å². The molecule has 14 N–H and O–H groups in total. The Hall–Kier alpha value is -9.66. The Morgan fingerprint density at radius 3 is 1.93 bits per heavy atom. The van der Waals surface area contributed by atoms with E-state index in [-0.39, 0.29) is 74.8 Å². The molecule has 7 atom stereocenters. The molecule has 4 rings (SSSR count). The maximum atomic E-state index is 14.0. The molecular formula is C51H69F3N14O17. The molecule has 0 saturated carbocycles. The van der Waals surface area contributed by atoms with Crippen LogP contribution in [0.1, 0.15) is 85.1 Å². The number of rotatable bonds is 29. The van der Waals surface area contributed by atoms with Crippen LogP contribution < -0.4 is 64.8 Å². The second kappa shape index (κ2) is 32.3. The summed E-state index contributed by atoms with van der Waals surface area (Å²) in [4.78, 5) is 157. The van der Waals surface area contributed by atoms with Gasteiger partial charge in [-0.25, -0.2) is 9.59 Å². The number of carboxylic acids is 1. The summed E-state index contributed by atoms with van der Waals surface area (Å²) >= 11 is 0. The van der Waals surface area contributed by atoms with Crippen molar-refractivity contribution in [2.75, 3.05) is 32.1 Å². The highest BCUT2D eigenvalue weighted by Crippen LogP contribution is 2.29. The van der Waals surface area contributed by atoms with Crippen LogP contribution in [-0.4, -0.2) is 154 Å². The number of hydrogen-bond donors (Lipinski definition) is 11. The van der Waals surface area contributed by atoms with E-state index in [1.807, 2.05) is 13.8 Å². The van der Waals surface area contributed by atoms with Gasteiger partial charge < -0.3 is 73.6 Å². The number of carbonyl (C=O) groups excluding carboxylic acids is 8. The summed E-state index contributed by atoms with van der Waals surface area (Å²) in [5, 5.41) is 48.8. The van der Waals surface area contributed by atoms with Crippen molar-refractivity contribution in [3.8, 4) is 5.75 Å². The van der Waals surface area contributed by atoms with E-state index in [1.54, 1.807) is 19.1 Å². The predicted molar refractivity (Wildman–Crippen MR) is 296 cm³/mol. The van der Waals surface area contributed by atoms with E-state index >= 15 is 0 Å². The molecule has 0 bridgehead atoms. The molecule has 1 aliphatic rings. The number of guanidine groups is 1. The number of carbonyl (C=O) groups is 9. The largest absolute Gasteiger partial charge is 0.497 e. The molecular weight excluding hydrogens is 1140 g/mol. The van der Waals surface area contributed by atoms with Crippen molar-refractivity contribution in [1.82, 2.24) is 36.8 Å². The van der Waals surface area contributed by atoms with Crippen molar-refractivity contribution in [1.29, 1.82) is 0 Å². The lowest BCUT2D eigenvalue weighted by molar-refractivity contribution is -0.393. The van der Waals surface area contributed by atoms with Gasteiger partial charge in [0.15, 0.2) is 5.96 Å². The van der Waals surface area contributed by atoms with Crippen LogP contribution in [0.4, 0.5) is 30.2 Å². The number of primary amides is 1. The lowest BCUT2D eigenvalue weighted by Gasteiger charge is -2.28. The summed E-state index contributed by atoms with van der Waals surface area (Å²) in [6, 6.07) is -0.365. The number of nitro benzene ring substituents is 2. The van der Waals surface area contributed by atoms with Crippen LogP contribution in [0.2, 0.25) is 0 Å². The van der Waals surface area contributed by atoms with E-state index in [1.165, 1.54) is 38.0 Å². The summed E-state index contributed by atoms with van der Waals surface area (Å²) < 4.78 is 42.3. The van der Waals surface area contributed by atoms with E-state index in [9.17, 15) is 76.6 Å². The van der Waals surface area contributed by atoms with Gasteiger partial charge in [-0.1, -0.05) is 27.2 Å². The molecule has 34 heteroatoms. The van der Waals surface area contributed by atoms with E-state index < -0.39 is 135 Å². The number of nitro groups is 2. The maximum Gasteiger partial charge on any atom is 0.490 e. The molecule has 2 heterocycles. The predicted octanol–water partition coefficient (Wildman–Crippen LogP) is 0.231. The number of aliphatic imine (C=N–C) groups is 1. The number of anilines is 1. The first-order valence-corrected chi connectivity index (χ1v) is 26.3. The highest BCUT2D eigenvalue weighted by atomic mass is 19.4. The molecule has 31 nitrogen and oxygen atoms in total. The van der Waals surface area contributed by atoms with Gasteiger partial charge in [0.25, 0.3) is 11.4 Å². The van der Waals surface area contributed by atoms with Crippen molar-refractivity contribution in [2.24, 2.45) is 28.1 Å². The lowest BCUT2D eigenvalue weighted by atomic mass is 10.0. The molecule has 0 spiro atoms. The third kappa shape index (κ3) is 21.9. The summed E-state index contributed by atoms with van der Waals surface area (Å²) in [6.45, 7) is 7.63. The van der Waals surface area contributed by atoms with Gasteiger partial charge in [0.1, 0.15) is 59.3 Å². The molecule has 0 unspecified atom stereocenters. The number of fused-ring (bicyclic) bond motifs is 1. The minimum Gasteiger partial charge on any atom is -0.497 e. The van der Waals surface area contributed by atoms with E-state index in [0.717, 1.165) is 12.1 Å². The molecule has 1 aliphatic heterocycles. The maximum absolute atomic E-state index is 14.0. The third-order valence-electron chi connectivity index (χ3n) is 12.7. The van der Waals surface area contributed by atoms with Gasteiger partial charge in [-0.3, -0.25) is 63.6 Å². The Balaban J connectivity index is 0.00000253. The first-order chi connectivity index (χ1) is 39.8. The molecule has 1 aromatic heterocycles. The monoisotopic (exact) mass is 1210 g/mol. The Bertz CT molecular complexity index is 3050. The van der Waals surface area contributed by atoms with E-state index in [0.29, 0.717) is 35.6 Å². The van der Waals surface area contributed by atoms with Crippen LogP contribution in [-0.2, 0) is 49.6 Å². The Labute approximate surface area is 482 Å². The van der Waals surface area contributed by atoms with Crippen molar-refractivity contribution in [2.45, 2.75) is 134 Å². The van der Waals surface area contributed by atoms with Gasteiger partial charge in [0.2, 0.25) is 47.3 Å². The van der Waals surface area contributed by atoms with Crippen molar-refractivity contribution in [3.05, 3.63) is 78.7 Å². The van der Waals surface area contributed by atoms with Gasteiger partial charge in [0, 0.05) is 43.2 Å². The number of benzene rings is 2. The van der Waals surface area contributed by atoms with E-state index in [2.05, 4.69) is 42.2 Å². The Morgan fingerprint density at radius 1 is 0.800 bits per heavy atom. The number of aliphatic carboxylic acids is 1. The number of alkyl halides is 3. The highest BCUT2D eigenvalue weighted by molar-refractivity contribution is 5.98. The number of nitrogens with zero attached hydrogens (tertiary/aromatic N) is 4. The van der Waals surface area contributed by atoms with E-state index in [4.69, 9.17) is 36.3 Å².